The van der Waals surface area contributed by atoms with Crippen LogP contribution < -0.4 is 5.73 Å². The zero-order chi connectivity index (χ0) is 13.2. The fraction of sp³-hybridized carbons (Fsp3) is 0.500. The second-order valence-corrected chi connectivity index (χ2v) is 5.28. The van der Waals surface area contributed by atoms with Crippen LogP contribution in [-0.4, -0.2) is 34.6 Å². The minimum atomic E-state index is -0.744. The van der Waals surface area contributed by atoms with Gasteiger partial charge < -0.3 is 15.7 Å². The minimum Gasteiger partial charge on any atom is -0.388 e. The minimum absolute atomic E-state index is 0.0177. The summed E-state index contributed by atoms with van der Waals surface area (Å²) in [4.78, 5) is 13.7. The molecule has 0 spiro atoms. The number of nitrogens with zero attached hydrogens (tertiary/aromatic N) is 1. The zero-order valence-electron chi connectivity index (χ0n) is 10.7. The normalized spacial score (nSPS) is 25.2. The number of hydrogen-bond donors (Lipinski definition) is 2. The largest absolute Gasteiger partial charge is 0.388 e. The number of hydrogen-bond acceptors (Lipinski definition) is 3. The molecule has 0 radical (unpaired) electrons. The maximum absolute atomic E-state index is 12.1. The molecule has 1 fully saturated rings. The lowest BCUT2D eigenvalue weighted by Gasteiger charge is -2.21. The first-order valence-electron chi connectivity index (χ1n) is 6.29. The van der Waals surface area contributed by atoms with Gasteiger partial charge >= 0.3 is 0 Å². The van der Waals surface area contributed by atoms with Crippen molar-refractivity contribution in [3.05, 3.63) is 35.9 Å². The van der Waals surface area contributed by atoms with Gasteiger partial charge in [-0.25, -0.2) is 0 Å². The number of amides is 1. The molecule has 1 aliphatic rings. The molecule has 2 rings (SSSR count). The van der Waals surface area contributed by atoms with Crippen LogP contribution in [0.4, 0.5) is 0 Å². The van der Waals surface area contributed by atoms with Gasteiger partial charge in [-0.2, -0.15) is 0 Å². The van der Waals surface area contributed by atoms with Crippen LogP contribution in [0.25, 0.3) is 0 Å². The van der Waals surface area contributed by atoms with Crippen molar-refractivity contribution >= 4 is 5.91 Å². The summed E-state index contributed by atoms with van der Waals surface area (Å²) in [6.45, 7) is 2.79. The van der Waals surface area contributed by atoms with Gasteiger partial charge in [0.1, 0.15) is 0 Å². The monoisotopic (exact) mass is 248 g/mol. The van der Waals surface area contributed by atoms with Gasteiger partial charge in [-0.3, -0.25) is 4.79 Å². The second kappa shape index (κ2) is 5.08. The van der Waals surface area contributed by atoms with E-state index in [1.54, 1.807) is 11.8 Å². The van der Waals surface area contributed by atoms with Crippen molar-refractivity contribution in [2.24, 2.45) is 5.73 Å². The zero-order valence-corrected chi connectivity index (χ0v) is 10.7. The van der Waals surface area contributed by atoms with E-state index in [0.717, 1.165) is 5.56 Å². The van der Waals surface area contributed by atoms with Crippen molar-refractivity contribution in [2.45, 2.75) is 31.4 Å². The lowest BCUT2D eigenvalue weighted by molar-refractivity contribution is -0.131. The number of carbonyl (C=O) groups is 1. The Morgan fingerprint density at radius 3 is 2.72 bits per heavy atom. The molecule has 4 nitrogen and oxygen atoms in total. The molecule has 1 aromatic rings. The highest BCUT2D eigenvalue weighted by molar-refractivity contribution is 5.77. The van der Waals surface area contributed by atoms with E-state index in [1.165, 1.54) is 0 Å². The molecule has 2 unspecified atom stereocenters. The molecule has 1 aromatic carbocycles. The van der Waals surface area contributed by atoms with E-state index in [4.69, 9.17) is 5.73 Å². The molecule has 18 heavy (non-hydrogen) atoms. The lowest BCUT2D eigenvalue weighted by Crippen LogP contribution is -2.35. The van der Waals surface area contributed by atoms with E-state index in [2.05, 4.69) is 0 Å². The average molecular weight is 248 g/mol. The standard InChI is InChI=1S/C14H20N2O2/c1-14(18)7-8-16(10-14)13(17)9-12(15)11-5-3-2-4-6-11/h2-6,12,18H,7-10,15H2,1H3. The van der Waals surface area contributed by atoms with Crippen molar-refractivity contribution in [1.29, 1.82) is 0 Å². The van der Waals surface area contributed by atoms with Gasteiger partial charge in [-0.05, 0) is 18.9 Å². The molecule has 98 valence electrons. The quantitative estimate of drug-likeness (QED) is 0.840. The number of β-amino-alcohol motifs (C(OH)–C–C–N with tert-alkyl or cyclic N) is 1. The highest BCUT2D eigenvalue weighted by Gasteiger charge is 2.34. The van der Waals surface area contributed by atoms with E-state index in [9.17, 15) is 9.90 Å². The Morgan fingerprint density at radius 2 is 2.17 bits per heavy atom. The van der Waals surface area contributed by atoms with E-state index < -0.39 is 5.60 Å². The average Bonchev–Trinajstić information content (AvgIpc) is 2.71. The van der Waals surface area contributed by atoms with E-state index in [-0.39, 0.29) is 11.9 Å². The predicted molar refractivity (Wildman–Crippen MR) is 69.8 cm³/mol. The first-order valence-corrected chi connectivity index (χ1v) is 6.29. The molecule has 0 saturated carbocycles. The molecule has 1 amide bonds. The summed E-state index contributed by atoms with van der Waals surface area (Å²) in [7, 11) is 0. The summed E-state index contributed by atoms with van der Waals surface area (Å²) in [6, 6.07) is 9.34. The third-order valence-corrected chi connectivity index (χ3v) is 3.43. The smallest absolute Gasteiger partial charge is 0.224 e. The third kappa shape index (κ3) is 3.09. The van der Waals surface area contributed by atoms with Crippen molar-refractivity contribution in [1.82, 2.24) is 4.90 Å². The van der Waals surface area contributed by atoms with Gasteiger partial charge in [0, 0.05) is 25.6 Å². The molecule has 3 N–H and O–H groups in total. The molecule has 0 aliphatic carbocycles. The van der Waals surface area contributed by atoms with Crippen LogP contribution >= 0.6 is 0 Å². The van der Waals surface area contributed by atoms with Crippen LogP contribution in [0, 0.1) is 0 Å². The number of rotatable bonds is 3. The van der Waals surface area contributed by atoms with Gasteiger partial charge in [0.05, 0.1) is 5.60 Å². The maximum Gasteiger partial charge on any atom is 0.224 e. The van der Waals surface area contributed by atoms with Gasteiger partial charge in [0.15, 0.2) is 0 Å². The Kier molecular flexibility index (Phi) is 3.68. The van der Waals surface area contributed by atoms with Gasteiger partial charge in [0.25, 0.3) is 0 Å². The summed E-state index contributed by atoms with van der Waals surface area (Å²) in [5.41, 5.74) is 6.25. The fourth-order valence-corrected chi connectivity index (χ4v) is 2.29. The van der Waals surface area contributed by atoms with Gasteiger partial charge in [0.2, 0.25) is 5.91 Å². The Morgan fingerprint density at radius 1 is 1.50 bits per heavy atom. The second-order valence-electron chi connectivity index (χ2n) is 5.28. The van der Waals surface area contributed by atoms with E-state index in [0.29, 0.717) is 25.9 Å². The molecule has 0 bridgehead atoms. The van der Waals surface area contributed by atoms with Crippen LogP contribution in [-0.2, 0) is 4.79 Å². The highest BCUT2D eigenvalue weighted by atomic mass is 16.3. The topological polar surface area (TPSA) is 66.6 Å². The highest BCUT2D eigenvalue weighted by Crippen LogP contribution is 2.22. The molecular formula is C14H20N2O2. The SMILES string of the molecule is CC1(O)CCN(C(=O)CC(N)c2ccccc2)C1. The van der Waals surface area contributed by atoms with Crippen LogP contribution in [0.15, 0.2) is 30.3 Å². The van der Waals surface area contributed by atoms with E-state index >= 15 is 0 Å². The molecule has 4 heteroatoms. The van der Waals surface area contributed by atoms with E-state index in [1.807, 2.05) is 30.3 Å². The Bertz CT molecular complexity index is 417. The first-order chi connectivity index (χ1) is 8.48. The maximum atomic E-state index is 12.1. The summed E-state index contributed by atoms with van der Waals surface area (Å²) in [5, 5.41) is 9.84. The van der Waals surface area contributed by atoms with Crippen LogP contribution in [0.2, 0.25) is 0 Å². The van der Waals surface area contributed by atoms with Crippen molar-refractivity contribution < 1.29 is 9.90 Å². The fourth-order valence-electron chi connectivity index (χ4n) is 2.29. The summed E-state index contributed by atoms with van der Waals surface area (Å²) >= 11 is 0. The molecule has 2 atom stereocenters. The van der Waals surface area contributed by atoms with Crippen molar-refractivity contribution in [3.8, 4) is 0 Å². The summed E-state index contributed by atoms with van der Waals surface area (Å²) < 4.78 is 0. The summed E-state index contributed by atoms with van der Waals surface area (Å²) in [6.07, 6.45) is 0.930. The third-order valence-electron chi connectivity index (χ3n) is 3.43. The van der Waals surface area contributed by atoms with Crippen LogP contribution in [0.5, 0.6) is 0 Å². The van der Waals surface area contributed by atoms with Crippen molar-refractivity contribution in [3.63, 3.8) is 0 Å². The summed E-state index contributed by atoms with van der Waals surface area (Å²) in [5.74, 6) is 0.0177. The van der Waals surface area contributed by atoms with Gasteiger partial charge in [-0.15, -0.1) is 0 Å². The number of nitrogens with two attached hydrogens (primary N) is 1. The molecule has 1 saturated heterocycles. The number of benzene rings is 1. The molecule has 1 heterocycles. The molecule has 1 aliphatic heterocycles. The van der Waals surface area contributed by atoms with Gasteiger partial charge in [-0.1, -0.05) is 30.3 Å². The first kappa shape index (κ1) is 13.1. The molecular weight excluding hydrogens is 228 g/mol. The Hall–Kier alpha value is -1.39. The van der Waals surface area contributed by atoms with Crippen LogP contribution in [0.1, 0.15) is 31.4 Å². The Balaban J connectivity index is 1.92. The van der Waals surface area contributed by atoms with Crippen LogP contribution in [0.3, 0.4) is 0 Å². The Labute approximate surface area is 107 Å². The molecule has 0 aromatic heterocycles. The number of carbonyl (C=O) groups excluding carboxylic acids is 1. The van der Waals surface area contributed by atoms with Crippen molar-refractivity contribution in [2.75, 3.05) is 13.1 Å². The lowest BCUT2D eigenvalue weighted by atomic mass is 10.0. The number of aliphatic hydroxyl groups is 1. The number of likely N-dealkylation sites (tertiary alicyclic amines) is 1. The predicted octanol–water partition coefficient (Wildman–Crippen LogP) is 1.06.